The lowest BCUT2D eigenvalue weighted by atomic mass is 10.2. The van der Waals surface area contributed by atoms with E-state index in [1.54, 1.807) is 11.0 Å². The van der Waals surface area contributed by atoms with Gasteiger partial charge in [0.05, 0.1) is 10.7 Å². The number of ether oxygens (including phenoxy) is 1. The fourth-order valence-corrected chi connectivity index (χ4v) is 2.39. The first-order valence-electron chi connectivity index (χ1n) is 7.26. The van der Waals surface area contributed by atoms with Crippen LogP contribution in [0.3, 0.4) is 0 Å². The minimum atomic E-state index is -4.51. The molecule has 1 atom stereocenters. The van der Waals surface area contributed by atoms with Crippen LogP contribution in [-0.2, 0) is 14.3 Å². The summed E-state index contributed by atoms with van der Waals surface area (Å²) < 4.78 is 40.8. The van der Waals surface area contributed by atoms with Crippen molar-refractivity contribution >= 4 is 34.8 Å². The molecule has 0 aliphatic carbocycles. The maximum atomic E-state index is 12.1. The fraction of sp³-hybridized carbons (Fsp3) is 0.467. The number of hydrogen-bond acceptors (Lipinski definition) is 3. The van der Waals surface area contributed by atoms with Crippen molar-refractivity contribution in [3.63, 3.8) is 0 Å². The summed E-state index contributed by atoms with van der Waals surface area (Å²) in [5.41, 5.74) is 0.780. The molecule has 1 aliphatic heterocycles. The average molecular weight is 365 g/mol. The van der Waals surface area contributed by atoms with E-state index in [9.17, 15) is 22.8 Å². The van der Waals surface area contributed by atoms with Gasteiger partial charge in [0.1, 0.15) is 12.7 Å². The summed E-state index contributed by atoms with van der Waals surface area (Å²) in [7, 11) is 0. The molecule has 2 rings (SSSR count). The molecule has 0 radical (unpaired) electrons. The Bertz CT molecular complexity index is 637. The molecule has 24 heavy (non-hydrogen) atoms. The van der Waals surface area contributed by atoms with E-state index in [-0.39, 0.29) is 16.6 Å². The molecule has 1 fully saturated rings. The molecule has 9 heteroatoms. The Morgan fingerprint density at radius 3 is 2.75 bits per heavy atom. The number of anilines is 2. The second-order valence-electron chi connectivity index (χ2n) is 5.37. The van der Waals surface area contributed by atoms with Crippen molar-refractivity contribution in [2.75, 3.05) is 23.4 Å². The van der Waals surface area contributed by atoms with Crippen LogP contribution in [0, 0.1) is 0 Å². The highest BCUT2D eigenvalue weighted by Crippen LogP contribution is 2.30. The number of rotatable bonds is 5. The van der Waals surface area contributed by atoms with Crippen LogP contribution in [0.4, 0.5) is 24.5 Å². The Labute approximate surface area is 141 Å². The molecule has 1 N–H and O–H groups in total. The number of carbonyl (C=O) groups is 2. The lowest BCUT2D eigenvalue weighted by Crippen LogP contribution is -2.31. The molecule has 0 saturated carbocycles. The third kappa shape index (κ3) is 4.85. The monoisotopic (exact) mass is 364 g/mol. The van der Waals surface area contributed by atoms with Crippen molar-refractivity contribution in [2.45, 2.75) is 32.0 Å². The van der Waals surface area contributed by atoms with E-state index in [4.69, 9.17) is 11.6 Å². The molecule has 2 amide bonds. The minimum absolute atomic E-state index is 0.0310. The summed E-state index contributed by atoms with van der Waals surface area (Å²) in [5, 5.41) is 2.63. The number of nitrogens with one attached hydrogen (secondary N) is 1. The van der Waals surface area contributed by atoms with Crippen LogP contribution in [0.2, 0.25) is 5.02 Å². The van der Waals surface area contributed by atoms with Gasteiger partial charge < -0.3 is 15.0 Å². The Morgan fingerprint density at radius 1 is 1.46 bits per heavy atom. The summed E-state index contributed by atoms with van der Waals surface area (Å²) in [5.74, 6) is -0.789. The normalized spacial score (nSPS) is 16.4. The van der Waals surface area contributed by atoms with Gasteiger partial charge in [-0.15, -0.1) is 0 Å². The van der Waals surface area contributed by atoms with Crippen molar-refractivity contribution in [3.05, 3.63) is 23.2 Å². The highest BCUT2D eigenvalue weighted by Gasteiger charge is 2.30. The van der Waals surface area contributed by atoms with Gasteiger partial charge in [-0.25, -0.2) is 0 Å². The molecule has 0 bridgehead atoms. The maximum Gasteiger partial charge on any atom is 0.411 e. The number of amides is 2. The molecule has 1 aromatic rings. The number of carbonyl (C=O) groups excluding carboxylic acids is 2. The van der Waals surface area contributed by atoms with Crippen molar-refractivity contribution in [2.24, 2.45) is 0 Å². The lowest BCUT2D eigenvalue weighted by molar-refractivity contribution is -0.184. The van der Waals surface area contributed by atoms with Crippen LogP contribution in [0.5, 0.6) is 0 Å². The van der Waals surface area contributed by atoms with Gasteiger partial charge in [0.25, 0.3) is 5.91 Å². The SMILES string of the molecule is C[C@@H](OCC(F)(F)F)C(=O)Nc1cc(N2CCCC2=O)ccc1Cl. The molecule has 0 unspecified atom stereocenters. The van der Waals surface area contributed by atoms with Crippen molar-refractivity contribution < 1.29 is 27.5 Å². The zero-order valence-corrected chi connectivity index (χ0v) is 13.6. The van der Waals surface area contributed by atoms with Gasteiger partial charge in [-0.3, -0.25) is 9.59 Å². The van der Waals surface area contributed by atoms with E-state index >= 15 is 0 Å². The molecular weight excluding hydrogens is 349 g/mol. The summed E-state index contributed by atoms with van der Waals surface area (Å²) >= 11 is 6.00. The summed E-state index contributed by atoms with van der Waals surface area (Å²) in [4.78, 5) is 25.3. The molecule has 132 valence electrons. The number of hydrogen-bond donors (Lipinski definition) is 1. The quantitative estimate of drug-likeness (QED) is 0.871. The van der Waals surface area contributed by atoms with Crippen LogP contribution < -0.4 is 10.2 Å². The average Bonchev–Trinajstić information content (AvgIpc) is 2.92. The van der Waals surface area contributed by atoms with Crippen LogP contribution >= 0.6 is 11.6 Å². The Balaban J connectivity index is 2.05. The summed E-state index contributed by atoms with van der Waals surface area (Å²) in [6.45, 7) is 0.263. The predicted octanol–water partition coefficient (Wildman–Crippen LogP) is 3.37. The Morgan fingerprint density at radius 2 is 2.17 bits per heavy atom. The zero-order valence-electron chi connectivity index (χ0n) is 12.8. The molecular formula is C15H16ClF3N2O3. The first-order chi connectivity index (χ1) is 11.2. The van der Waals surface area contributed by atoms with E-state index in [0.29, 0.717) is 18.7 Å². The molecule has 1 heterocycles. The third-order valence-corrected chi connectivity index (χ3v) is 3.79. The molecule has 1 aromatic carbocycles. The standard InChI is InChI=1S/C15H16ClF3N2O3/c1-9(24-8-15(17,18)19)14(23)20-12-7-10(4-5-11(12)16)21-6-2-3-13(21)22/h4-5,7,9H,2-3,6,8H2,1H3,(H,20,23)/t9-/m1/s1. The van der Waals surface area contributed by atoms with Crippen LogP contribution in [-0.4, -0.2) is 37.2 Å². The smallest absolute Gasteiger partial charge is 0.359 e. The van der Waals surface area contributed by atoms with Crippen LogP contribution in [0.15, 0.2) is 18.2 Å². The maximum absolute atomic E-state index is 12.1. The second-order valence-corrected chi connectivity index (χ2v) is 5.78. The van der Waals surface area contributed by atoms with Crippen LogP contribution in [0.25, 0.3) is 0 Å². The molecule has 1 aliphatic rings. The Kier molecular flexibility index (Phi) is 5.71. The van der Waals surface area contributed by atoms with Crippen molar-refractivity contribution in [3.8, 4) is 0 Å². The highest BCUT2D eigenvalue weighted by molar-refractivity contribution is 6.34. The van der Waals surface area contributed by atoms with Crippen molar-refractivity contribution in [1.29, 1.82) is 0 Å². The van der Waals surface area contributed by atoms with E-state index in [0.717, 1.165) is 6.42 Å². The van der Waals surface area contributed by atoms with Crippen molar-refractivity contribution in [1.82, 2.24) is 0 Å². The molecule has 0 spiro atoms. The van der Waals surface area contributed by atoms with E-state index in [1.807, 2.05) is 0 Å². The minimum Gasteiger partial charge on any atom is -0.359 e. The lowest BCUT2D eigenvalue weighted by Gasteiger charge is -2.19. The topological polar surface area (TPSA) is 58.6 Å². The van der Waals surface area contributed by atoms with Gasteiger partial charge in [-0.1, -0.05) is 11.6 Å². The fourth-order valence-electron chi connectivity index (χ4n) is 2.23. The van der Waals surface area contributed by atoms with Crippen LogP contribution in [0.1, 0.15) is 19.8 Å². The summed E-state index contributed by atoms with van der Waals surface area (Å²) in [6.07, 6.45) is -4.62. The number of halogens is 4. The van der Waals surface area contributed by atoms with Gasteiger partial charge in [0, 0.05) is 18.7 Å². The third-order valence-electron chi connectivity index (χ3n) is 3.46. The second kappa shape index (κ2) is 7.40. The summed E-state index contributed by atoms with van der Waals surface area (Å²) in [6, 6.07) is 4.67. The van der Waals surface area contributed by atoms with E-state index in [2.05, 4.69) is 10.1 Å². The van der Waals surface area contributed by atoms with E-state index in [1.165, 1.54) is 19.1 Å². The molecule has 0 aromatic heterocycles. The van der Waals surface area contributed by atoms with E-state index < -0.39 is 24.8 Å². The number of alkyl halides is 3. The highest BCUT2D eigenvalue weighted by atomic mass is 35.5. The molecule has 1 saturated heterocycles. The van der Waals surface area contributed by atoms with Gasteiger partial charge in [-0.2, -0.15) is 13.2 Å². The number of benzene rings is 1. The Hall–Kier alpha value is -1.80. The molecule has 5 nitrogen and oxygen atoms in total. The van der Waals surface area contributed by atoms with Gasteiger partial charge >= 0.3 is 6.18 Å². The van der Waals surface area contributed by atoms with Gasteiger partial charge in [0.15, 0.2) is 0 Å². The predicted molar refractivity (Wildman–Crippen MR) is 83.1 cm³/mol. The zero-order chi connectivity index (χ0) is 17.9. The number of nitrogens with zero attached hydrogens (tertiary/aromatic N) is 1. The first-order valence-corrected chi connectivity index (χ1v) is 7.64. The van der Waals surface area contributed by atoms with Gasteiger partial charge in [0.2, 0.25) is 5.91 Å². The first kappa shape index (κ1) is 18.5. The largest absolute Gasteiger partial charge is 0.411 e. The van der Waals surface area contributed by atoms with Gasteiger partial charge in [-0.05, 0) is 31.5 Å².